The number of aliphatic carboxylic acids is 1. The third-order valence-electron chi connectivity index (χ3n) is 2.45. The second-order valence-corrected chi connectivity index (χ2v) is 4.31. The van der Waals surface area contributed by atoms with Crippen molar-refractivity contribution < 1.29 is 14.7 Å². The second kappa shape index (κ2) is 5.48. The Bertz CT molecular complexity index is 533. The maximum atomic E-state index is 11.9. The van der Waals surface area contributed by atoms with E-state index in [1.807, 2.05) is 0 Å². The van der Waals surface area contributed by atoms with Gasteiger partial charge in [0, 0.05) is 11.7 Å². The third kappa shape index (κ3) is 3.44. The first-order chi connectivity index (χ1) is 8.31. The van der Waals surface area contributed by atoms with Crippen LogP contribution >= 0.6 is 0 Å². The Kier molecular flexibility index (Phi) is 4.25. The Labute approximate surface area is 104 Å². The van der Waals surface area contributed by atoms with E-state index in [-0.39, 0.29) is 12.0 Å². The molecule has 1 heterocycles. The van der Waals surface area contributed by atoms with Gasteiger partial charge in [-0.1, -0.05) is 0 Å². The standard InChI is InChI=1S/C12H16N2O4/c1-6-4-7(2)13-11(17)10(6)12(18)14-8(3)5-9(15)16/h4,8H,5H2,1-3H3,(H,13,17)(H,14,18)(H,15,16). The minimum absolute atomic E-state index is 0.0258. The number of rotatable bonds is 4. The molecule has 3 N–H and O–H groups in total. The van der Waals surface area contributed by atoms with Crippen molar-refractivity contribution in [1.82, 2.24) is 10.3 Å². The lowest BCUT2D eigenvalue weighted by Gasteiger charge is -2.12. The molecule has 0 aliphatic heterocycles. The van der Waals surface area contributed by atoms with Crippen LogP contribution in [0.2, 0.25) is 0 Å². The van der Waals surface area contributed by atoms with Gasteiger partial charge in [-0.25, -0.2) is 0 Å². The van der Waals surface area contributed by atoms with Crippen molar-refractivity contribution in [2.45, 2.75) is 33.2 Å². The van der Waals surface area contributed by atoms with Gasteiger partial charge in [0.25, 0.3) is 11.5 Å². The van der Waals surface area contributed by atoms with Gasteiger partial charge in [-0.3, -0.25) is 14.4 Å². The van der Waals surface area contributed by atoms with Crippen LogP contribution < -0.4 is 10.9 Å². The highest BCUT2D eigenvalue weighted by atomic mass is 16.4. The van der Waals surface area contributed by atoms with E-state index < -0.39 is 23.5 Å². The van der Waals surface area contributed by atoms with E-state index in [4.69, 9.17) is 5.11 Å². The average Bonchev–Trinajstić information content (AvgIpc) is 2.12. The fourth-order valence-corrected chi connectivity index (χ4v) is 1.74. The first-order valence-corrected chi connectivity index (χ1v) is 5.54. The van der Waals surface area contributed by atoms with Crippen LogP contribution in [-0.4, -0.2) is 28.0 Å². The van der Waals surface area contributed by atoms with E-state index in [2.05, 4.69) is 10.3 Å². The van der Waals surface area contributed by atoms with E-state index in [0.717, 1.165) is 0 Å². The molecule has 0 aliphatic carbocycles. The van der Waals surface area contributed by atoms with Crippen molar-refractivity contribution >= 4 is 11.9 Å². The molecule has 0 saturated carbocycles. The van der Waals surface area contributed by atoms with Gasteiger partial charge in [0.1, 0.15) is 5.56 Å². The summed E-state index contributed by atoms with van der Waals surface area (Å²) in [6, 6.07) is 1.16. The van der Waals surface area contributed by atoms with Crippen molar-refractivity contribution in [3.8, 4) is 0 Å². The van der Waals surface area contributed by atoms with E-state index in [1.54, 1.807) is 26.8 Å². The molecule has 6 nitrogen and oxygen atoms in total. The van der Waals surface area contributed by atoms with E-state index in [1.165, 1.54) is 0 Å². The molecule has 0 spiro atoms. The quantitative estimate of drug-likeness (QED) is 0.730. The monoisotopic (exact) mass is 252 g/mol. The zero-order chi connectivity index (χ0) is 13.9. The van der Waals surface area contributed by atoms with Crippen molar-refractivity contribution in [3.05, 3.63) is 33.2 Å². The highest BCUT2D eigenvalue weighted by molar-refractivity contribution is 5.95. The smallest absolute Gasteiger partial charge is 0.305 e. The maximum absolute atomic E-state index is 11.9. The molecule has 0 saturated heterocycles. The first kappa shape index (κ1) is 14.0. The second-order valence-electron chi connectivity index (χ2n) is 4.31. The predicted molar refractivity (Wildman–Crippen MR) is 65.7 cm³/mol. The molecule has 1 unspecified atom stereocenters. The number of aromatic amines is 1. The zero-order valence-electron chi connectivity index (χ0n) is 10.5. The van der Waals surface area contributed by atoms with Crippen LogP contribution in [0, 0.1) is 13.8 Å². The van der Waals surface area contributed by atoms with Gasteiger partial charge in [-0.05, 0) is 32.4 Å². The third-order valence-corrected chi connectivity index (χ3v) is 2.45. The van der Waals surface area contributed by atoms with Crippen molar-refractivity contribution in [2.75, 3.05) is 0 Å². The molecule has 1 atom stereocenters. The van der Waals surface area contributed by atoms with Crippen LogP contribution in [0.3, 0.4) is 0 Å². The lowest BCUT2D eigenvalue weighted by atomic mass is 10.1. The minimum Gasteiger partial charge on any atom is -0.481 e. The lowest BCUT2D eigenvalue weighted by Crippen LogP contribution is -2.37. The molecule has 0 bridgehead atoms. The van der Waals surface area contributed by atoms with Crippen molar-refractivity contribution in [3.63, 3.8) is 0 Å². The van der Waals surface area contributed by atoms with Crippen LogP contribution in [0.5, 0.6) is 0 Å². The number of carboxylic acids is 1. The Hall–Kier alpha value is -2.11. The predicted octanol–water partition coefficient (Wildman–Crippen LogP) is 0.585. The number of carboxylic acid groups (broad SMARTS) is 1. The summed E-state index contributed by atoms with van der Waals surface area (Å²) < 4.78 is 0. The molecule has 1 aromatic rings. The molecule has 1 rings (SSSR count). The van der Waals surface area contributed by atoms with Gasteiger partial charge in [-0.2, -0.15) is 0 Å². The normalized spacial score (nSPS) is 11.9. The minimum atomic E-state index is -1.00. The molecular formula is C12H16N2O4. The number of carbonyl (C=O) groups is 2. The summed E-state index contributed by atoms with van der Waals surface area (Å²) in [5.74, 6) is -1.56. The summed E-state index contributed by atoms with van der Waals surface area (Å²) >= 11 is 0. The fraction of sp³-hybridized carbons (Fsp3) is 0.417. The van der Waals surface area contributed by atoms with Gasteiger partial charge < -0.3 is 15.4 Å². The van der Waals surface area contributed by atoms with Crippen LogP contribution in [0.25, 0.3) is 0 Å². The summed E-state index contributed by atoms with van der Waals surface area (Å²) in [4.78, 5) is 36.6. The summed E-state index contributed by atoms with van der Waals surface area (Å²) in [6.07, 6.45) is -0.186. The number of carbonyl (C=O) groups excluding carboxylic acids is 1. The fourth-order valence-electron chi connectivity index (χ4n) is 1.74. The molecule has 98 valence electrons. The lowest BCUT2D eigenvalue weighted by molar-refractivity contribution is -0.137. The molecule has 6 heteroatoms. The van der Waals surface area contributed by atoms with Gasteiger partial charge in [0.2, 0.25) is 0 Å². The van der Waals surface area contributed by atoms with Crippen molar-refractivity contribution in [1.29, 1.82) is 0 Å². The largest absolute Gasteiger partial charge is 0.481 e. The van der Waals surface area contributed by atoms with Gasteiger partial charge in [0.05, 0.1) is 6.42 Å². The maximum Gasteiger partial charge on any atom is 0.305 e. The summed E-state index contributed by atoms with van der Waals surface area (Å²) in [5.41, 5.74) is 0.800. The molecule has 18 heavy (non-hydrogen) atoms. The molecule has 0 fully saturated rings. The SMILES string of the molecule is Cc1cc(C)c(C(=O)NC(C)CC(=O)O)c(=O)[nH]1. The Morgan fingerprint density at radius 3 is 2.56 bits per heavy atom. The molecular weight excluding hydrogens is 236 g/mol. The van der Waals surface area contributed by atoms with E-state index >= 15 is 0 Å². The number of pyridine rings is 1. The Balaban J connectivity index is 2.92. The Morgan fingerprint density at radius 2 is 2.06 bits per heavy atom. The number of H-pyrrole nitrogens is 1. The highest BCUT2D eigenvalue weighted by Gasteiger charge is 2.17. The van der Waals surface area contributed by atoms with E-state index in [9.17, 15) is 14.4 Å². The van der Waals surface area contributed by atoms with Gasteiger partial charge in [-0.15, -0.1) is 0 Å². The van der Waals surface area contributed by atoms with Gasteiger partial charge in [0.15, 0.2) is 0 Å². The van der Waals surface area contributed by atoms with Crippen molar-refractivity contribution in [2.24, 2.45) is 0 Å². The molecule has 1 aromatic heterocycles. The number of aryl methyl sites for hydroxylation is 2. The number of hydrogen-bond donors (Lipinski definition) is 3. The number of nitrogens with one attached hydrogen (secondary N) is 2. The van der Waals surface area contributed by atoms with Crippen LogP contribution in [-0.2, 0) is 4.79 Å². The van der Waals surface area contributed by atoms with Crippen LogP contribution in [0.1, 0.15) is 35.0 Å². The molecule has 0 aliphatic rings. The van der Waals surface area contributed by atoms with Crippen LogP contribution in [0.15, 0.2) is 10.9 Å². The molecule has 0 aromatic carbocycles. The summed E-state index contributed by atoms with van der Waals surface area (Å²) in [7, 11) is 0. The van der Waals surface area contributed by atoms with E-state index in [0.29, 0.717) is 11.3 Å². The zero-order valence-corrected chi connectivity index (χ0v) is 10.5. The first-order valence-electron chi connectivity index (χ1n) is 5.54. The summed E-state index contributed by atoms with van der Waals surface area (Å²) in [5, 5.41) is 11.1. The number of hydrogen-bond acceptors (Lipinski definition) is 3. The molecule has 0 radical (unpaired) electrons. The Morgan fingerprint density at radius 1 is 1.44 bits per heavy atom. The van der Waals surface area contributed by atoms with Crippen LogP contribution in [0.4, 0.5) is 0 Å². The highest BCUT2D eigenvalue weighted by Crippen LogP contribution is 2.04. The number of aromatic nitrogens is 1. The molecule has 1 amide bonds. The number of amides is 1. The summed E-state index contributed by atoms with van der Waals surface area (Å²) in [6.45, 7) is 4.96. The van der Waals surface area contributed by atoms with Gasteiger partial charge >= 0.3 is 5.97 Å². The average molecular weight is 252 g/mol. The topological polar surface area (TPSA) is 99.3 Å².